The van der Waals surface area contributed by atoms with Gasteiger partial charge in [0.25, 0.3) is 0 Å². The summed E-state index contributed by atoms with van der Waals surface area (Å²) in [4.78, 5) is 13.5. The van der Waals surface area contributed by atoms with Gasteiger partial charge >= 0.3 is 0 Å². The van der Waals surface area contributed by atoms with E-state index in [0.717, 1.165) is 5.56 Å². The zero-order valence-corrected chi connectivity index (χ0v) is 9.88. The molecule has 0 aromatic heterocycles. The van der Waals surface area contributed by atoms with Crippen LogP contribution in [0.25, 0.3) is 0 Å². The Hall–Kier alpha value is -1.35. The molecule has 0 aliphatic carbocycles. The Morgan fingerprint density at radius 1 is 1.47 bits per heavy atom. The summed E-state index contributed by atoms with van der Waals surface area (Å²) in [6.07, 6.45) is 0.416. The van der Waals surface area contributed by atoms with Crippen molar-refractivity contribution in [3.63, 3.8) is 0 Å². The van der Waals surface area contributed by atoms with Gasteiger partial charge in [-0.15, -0.1) is 0 Å². The van der Waals surface area contributed by atoms with Crippen LogP contribution in [0.15, 0.2) is 23.2 Å². The number of carbonyl (C=O) groups excluding carboxylic acids is 1. The molecule has 2 N–H and O–H groups in total. The summed E-state index contributed by atoms with van der Waals surface area (Å²) in [6, 6.07) is 5.22. The number of hydrogen-bond acceptors (Lipinski definition) is 1. The Balaban J connectivity index is 0.000000921. The van der Waals surface area contributed by atoms with Crippen molar-refractivity contribution < 1.29 is 4.79 Å². The SMILES string of the molecule is CC.Cc1cc(C(N)=NC=O)ccc1Cl. The number of nitrogens with zero attached hydrogens (tertiary/aromatic N) is 1. The van der Waals surface area contributed by atoms with Crippen LogP contribution in [0.2, 0.25) is 5.02 Å². The van der Waals surface area contributed by atoms with Gasteiger partial charge in [0.15, 0.2) is 0 Å². The molecule has 0 bridgehead atoms. The van der Waals surface area contributed by atoms with E-state index in [0.29, 0.717) is 17.0 Å². The van der Waals surface area contributed by atoms with Crippen LogP contribution in [0.1, 0.15) is 25.0 Å². The summed E-state index contributed by atoms with van der Waals surface area (Å²) in [5.41, 5.74) is 7.11. The van der Waals surface area contributed by atoms with Crippen molar-refractivity contribution in [1.82, 2.24) is 0 Å². The standard InChI is InChI=1S/C9H9ClN2O.C2H6/c1-6-4-7(2-3-8(6)10)9(11)12-5-13;1-2/h2-5H,1H3,(H2,11,12,13);1-2H3. The monoisotopic (exact) mass is 226 g/mol. The number of amidine groups is 1. The van der Waals surface area contributed by atoms with E-state index in [2.05, 4.69) is 4.99 Å². The number of halogens is 1. The van der Waals surface area contributed by atoms with Crippen molar-refractivity contribution in [3.8, 4) is 0 Å². The lowest BCUT2D eigenvalue weighted by molar-refractivity contribution is -0.106. The van der Waals surface area contributed by atoms with Crippen LogP contribution in [0.4, 0.5) is 0 Å². The molecule has 0 aliphatic heterocycles. The molecule has 1 aromatic carbocycles. The van der Waals surface area contributed by atoms with Crippen molar-refractivity contribution >= 4 is 23.8 Å². The predicted molar refractivity (Wildman–Crippen MR) is 64.3 cm³/mol. The molecule has 0 aliphatic rings. The summed E-state index contributed by atoms with van der Waals surface area (Å²) in [7, 11) is 0. The Morgan fingerprint density at radius 3 is 2.53 bits per heavy atom. The summed E-state index contributed by atoms with van der Waals surface area (Å²) in [5.74, 6) is 0.203. The summed E-state index contributed by atoms with van der Waals surface area (Å²) in [6.45, 7) is 5.86. The molecule has 0 unspecified atom stereocenters. The molecule has 0 heterocycles. The molecule has 15 heavy (non-hydrogen) atoms. The highest BCUT2D eigenvalue weighted by Gasteiger charge is 2.00. The highest BCUT2D eigenvalue weighted by Crippen LogP contribution is 2.15. The van der Waals surface area contributed by atoms with Gasteiger partial charge in [-0.2, -0.15) is 4.99 Å². The van der Waals surface area contributed by atoms with E-state index in [1.54, 1.807) is 18.2 Å². The maximum Gasteiger partial charge on any atom is 0.234 e. The van der Waals surface area contributed by atoms with E-state index in [1.165, 1.54) is 0 Å². The van der Waals surface area contributed by atoms with E-state index in [1.807, 2.05) is 20.8 Å². The van der Waals surface area contributed by atoms with Crippen molar-refractivity contribution in [2.75, 3.05) is 0 Å². The Morgan fingerprint density at radius 2 is 2.07 bits per heavy atom. The zero-order chi connectivity index (χ0) is 11.8. The summed E-state index contributed by atoms with van der Waals surface area (Å²) in [5, 5.41) is 0.669. The third-order valence-corrected chi connectivity index (χ3v) is 2.07. The van der Waals surface area contributed by atoms with E-state index in [9.17, 15) is 4.79 Å². The first-order valence-electron chi connectivity index (χ1n) is 4.68. The molecular formula is C11H15ClN2O. The van der Waals surface area contributed by atoms with Crippen LogP contribution in [0.5, 0.6) is 0 Å². The number of amides is 1. The fourth-order valence-corrected chi connectivity index (χ4v) is 1.05. The molecule has 0 saturated carbocycles. The lowest BCUT2D eigenvalue weighted by atomic mass is 10.1. The fraction of sp³-hybridized carbons (Fsp3) is 0.273. The quantitative estimate of drug-likeness (QED) is 0.479. The summed E-state index contributed by atoms with van der Waals surface area (Å²) >= 11 is 5.81. The number of nitrogens with two attached hydrogens (primary N) is 1. The van der Waals surface area contributed by atoms with E-state index >= 15 is 0 Å². The molecule has 1 rings (SSSR count). The van der Waals surface area contributed by atoms with Gasteiger partial charge in [0.2, 0.25) is 6.41 Å². The van der Waals surface area contributed by atoms with Crippen molar-refractivity contribution in [3.05, 3.63) is 34.3 Å². The number of aliphatic imine (C=N–C) groups is 1. The second-order valence-corrected chi connectivity index (χ2v) is 2.99. The van der Waals surface area contributed by atoms with Crippen LogP contribution >= 0.6 is 11.6 Å². The van der Waals surface area contributed by atoms with Gasteiger partial charge in [-0.3, -0.25) is 4.79 Å². The molecule has 0 atom stereocenters. The molecule has 0 radical (unpaired) electrons. The number of carbonyl (C=O) groups is 1. The van der Waals surface area contributed by atoms with Crippen molar-refractivity contribution in [2.45, 2.75) is 20.8 Å². The smallest absolute Gasteiger partial charge is 0.234 e. The van der Waals surface area contributed by atoms with Gasteiger partial charge < -0.3 is 5.73 Å². The van der Waals surface area contributed by atoms with Crippen LogP contribution < -0.4 is 5.73 Å². The largest absolute Gasteiger partial charge is 0.383 e. The molecule has 0 spiro atoms. The lowest BCUT2D eigenvalue weighted by Gasteiger charge is -2.01. The van der Waals surface area contributed by atoms with Gasteiger partial charge in [-0.05, 0) is 30.7 Å². The lowest BCUT2D eigenvalue weighted by Crippen LogP contribution is -2.13. The Labute approximate surface area is 95.0 Å². The first-order chi connectivity index (χ1) is 7.15. The second kappa shape index (κ2) is 7.01. The van der Waals surface area contributed by atoms with Crippen LogP contribution in [-0.4, -0.2) is 12.2 Å². The number of hydrogen-bond donors (Lipinski definition) is 1. The molecule has 1 aromatic rings. The van der Waals surface area contributed by atoms with Gasteiger partial charge in [0.1, 0.15) is 5.84 Å². The van der Waals surface area contributed by atoms with Crippen LogP contribution in [0, 0.1) is 6.92 Å². The predicted octanol–water partition coefficient (Wildman–Crippen LogP) is 2.54. The second-order valence-electron chi connectivity index (χ2n) is 2.58. The van der Waals surface area contributed by atoms with Gasteiger partial charge in [-0.25, -0.2) is 0 Å². The van der Waals surface area contributed by atoms with Crippen LogP contribution in [-0.2, 0) is 4.79 Å². The molecule has 4 heteroatoms. The number of rotatable bonds is 2. The third-order valence-electron chi connectivity index (χ3n) is 1.65. The van der Waals surface area contributed by atoms with E-state index < -0.39 is 0 Å². The minimum atomic E-state index is 0.203. The highest BCUT2D eigenvalue weighted by atomic mass is 35.5. The molecule has 1 amide bonds. The highest BCUT2D eigenvalue weighted by molar-refractivity contribution is 6.31. The fourth-order valence-electron chi connectivity index (χ4n) is 0.935. The first-order valence-corrected chi connectivity index (χ1v) is 5.06. The number of benzene rings is 1. The Kier molecular flexibility index (Phi) is 6.38. The average Bonchev–Trinajstić information content (AvgIpc) is 2.25. The van der Waals surface area contributed by atoms with Crippen LogP contribution in [0.3, 0.4) is 0 Å². The topological polar surface area (TPSA) is 55.4 Å². The molecule has 0 saturated heterocycles. The van der Waals surface area contributed by atoms with Crippen molar-refractivity contribution in [1.29, 1.82) is 0 Å². The number of aryl methyl sites for hydroxylation is 1. The first kappa shape index (κ1) is 13.7. The molecule has 82 valence electrons. The maximum absolute atomic E-state index is 10.0. The normalized spacial score (nSPS) is 10.3. The minimum absolute atomic E-state index is 0.203. The Bertz CT molecular complexity index is 362. The van der Waals surface area contributed by atoms with Gasteiger partial charge in [0, 0.05) is 10.6 Å². The van der Waals surface area contributed by atoms with E-state index in [-0.39, 0.29) is 5.84 Å². The minimum Gasteiger partial charge on any atom is -0.383 e. The van der Waals surface area contributed by atoms with Gasteiger partial charge in [0.05, 0.1) is 0 Å². The van der Waals surface area contributed by atoms with E-state index in [4.69, 9.17) is 17.3 Å². The van der Waals surface area contributed by atoms with Gasteiger partial charge in [-0.1, -0.05) is 25.4 Å². The molecular weight excluding hydrogens is 212 g/mol. The average molecular weight is 227 g/mol. The maximum atomic E-state index is 10.0. The third kappa shape index (κ3) is 4.13. The van der Waals surface area contributed by atoms with Crippen molar-refractivity contribution in [2.24, 2.45) is 10.7 Å². The molecule has 0 fully saturated rings. The zero-order valence-electron chi connectivity index (χ0n) is 9.12. The summed E-state index contributed by atoms with van der Waals surface area (Å²) < 4.78 is 0. The molecule has 3 nitrogen and oxygen atoms in total.